The molecule has 1 aromatic heterocycles. The Morgan fingerprint density at radius 2 is 2.33 bits per heavy atom. The first-order chi connectivity index (χ1) is 8.63. The van der Waals surface area contributed by atoms with Crippen LogP contribution in [-0.4, -0.2) is 35.4 Å². The Hall–Kier alpha value is -1.10. The van der Waals surface area contributed by atoms with Crippen LogP contribution in [0.25, 0.3) is 0 Å². The molecule has 0 radical (unpaired) electrons. The van der Waals surface area contributed by atoms with E-state index in [0.717, 1.165) is 23.9 Å². The van der Waals surface area contributed by atoms with E-state index in [4.69, 9.17) is 0 Å². The monoisotopic (exact) mass is 311 g/mol. The molecule has 5 heteroatoms. The van der Waals surface area contributed by atoms with Gasteiger partial charge in [0, 0.05) is 30.3 Å². The summed E-state index contributed by atoms with van der Waals surface area (Å²) in [6, 6.07) is 2.23. The Kier molecular flexibility index (Phi) is 4.22. The van der Waals surface area contributed by atoms with Gasteiger partial charge in [-0.2, -0.15) is 0 Å². The highest BCUT2D eigenvalue weighted by atomic mass is 79.9. The van der Waals surface area contributed by atoms with Crippen LogP contribution in [0, 0.1) is 0 Å². The van der Waals surface area contributed by atoms with Gasteiger partial charge in [-0.15, -0.1) is 0 Å². The lowest BCUT2D eigenvalue weighted by molar-refractivity contribution is 0.0652. The smallest absolute Gasteiger partial charge is 0.257 e. The summed E-state index contributed by atoms with van der Waals surface area (Å²) in [4.78, 5) is 18.6. The minimum absolute atomic E-state index is 0.0458. The molecule has 1 saturated carbocycles. The van der Waals surface area contributed by atoms with Crippen molar-refractivity contribution in [1.29, 1.82) is 0 Å². The van der Waals surface area contributed by atoms with Crippen LogP contribution in [0.3, 0.4) is 0 Å². The van der Waals surface area contributed by atoms with Crippen molar-refractivity contribution in [3.8, 4) is 0 Å². The van der Waals surface area contributed by atoms with Crippen LogP contribution in [0.5, 0.6) is 0 Å². The number of aromatic nitrogens is 1. The third-order valence-electron chi connectivity index (χ3n) is 3.37. The Morgan fingerprint density at radius 3 is 2.89 bits per heavy atom. The Bertz CT molecular complexity index is 446. The lowest BCUT2D eigenvalue weighted by atomic mass is 9.91. The number of carbonyl (C=O) groups excluding carboxylic acids is 1. The second-order valence-electron chi connectivity index (χ2n) is 4.58. The van der Waals surface area contributed by atoms with E-state index in [9.17, 15) is 4.79 Å². The summed E-state index contributed by atoms with van der Waals surface area (Å²) in [6.45, 7) is 2.75. The number of nitrogens with zero attached hydrogens (tertiary/aromatic N) is 2. The fourth-order valence-corrected chi connectivity index (χ4v) is 2.37. The number of pyridine rings is 1. The summed E-state index contributed by atoms with van der Waals surface area (Å²) >= 11 is 3.37. The second-order valence-corrected chi connectivity index (χ2v) is 5.50. The third-order valence-corrected chi connectivity index (χ3v) is 3.81. The molecule has 1 aromatic rings. The molecule has 1 amide bonds. The zero-order chi connectivity index (χ0) is 13.1. The van der Waals surface area contributed by atoms with Crippen LogP contribution in [0.15, 0.2) is 16.7 Å². The van der Waals surface area contributed by atoms with E-state index in [-0.39, 0.29) is 5.91 Å². The van der Waals surface area contributed by atoms with Crippen LogP contribution in [0.1, 0.15) is 36.5 Å². The molecular formula is C13H18BrN3O. The molecule has 98 valence electrons. The molecule has 1 N–H and O–H groups in total. The molecule has 0 atom stereocenters. The number of hydrogen-bond donors (Lipinski definition) is 1. The van der Waals surface area contributed by atoms with Gasteiger partial charge in [-0.25, -0.2) is 4.98 Å². The second kappa shape index (κ2) is 5.69. The van der Waals surface area contributed by atoms with Crippen molar-refractivity contribution in [2.75, 3.05) is 18.9 Å². The number of carbonyl (C=O) groups is 1. The van der Waals surface area contributed by atoms with Gasteiger partial charge in [0.05, 0.1) is 5.56 Å². The van der Waals surface area contributed by atoms with E-state index >= 15 is 0 Å². The van der Waals surface area contributed by atoms with Gasteiger partial charge in [-0.1, -0.05) is 0 Å². The van der Waals surface area contributed by atoms with E-state index in [2.05, 4.69) is 26.2 Å². The van der Waals surface area contributed by atoms with Gasteiger partial charge >= 0.3 is 0 Å². The molecule has 1 aliphatic carbocycles. The van der Waals surface area contributed by atoms with Crippen molar-refractivity contribution in [3.05, 3.63) is 22.3 Å². The Morgan fingerprint density at radius 1 is 1.61 bits per heavy atom. The minimum Gasteiger partial charge on any atom is -0.370 e. The van der Waals surface area contributed by atoms with Crippen molar-refractivity contribution in [1.82, 2.24) is 9.88 Å². The number of nitrogens with one attached hydrogen (secondary N) is 1. The largest absolute Gasteiger partial charge is 0.370 e. The SMILES string of the molecule is CCNc1ncc(Br)cc1C(=O)N(C)C1CCC1. The molecule has 0 spiro atoms. The highest BCUT2D eigenvalue weighted by molar-refractivity contribution is 9.10. The quantitative estimate of drug-likeness (QED) is 0.930. The maximum Gasteiger partial charge on any atom is 0.257 e. The number of anilines is 1. The van der Waals surface area contributed by atoms with Gasteiger partial charge in [0.15, 0.2) is 0 Å². The molecule has 0 unspecified atom stereocenters. The van der Waals surface area contributed by atoms with Gasteiger partial charge in [0.2, 0.25) is 0 Å². The standard InChI is InChI=1S/C13H18BrN3O/c1-3-15-12-11(7-9(14)8-16-12)13(18)17(2)10-5-4-6-10/h7-8,10H,3-6H2,1-2H3,(H,15,16). The van der Waals surface area contributed by atoms with Gasteiger partial charge in [0.1, 0.15) is 5.82 Å². The summed E-state index contributed by atoms with van der Waals surface area (Å²) in [7, 11) is 1.88. The summed E-state index contributed by atoms with van der Waals surface area (Å²) in [5, 5.41) is 3.13. The van der Waals surface area contributed by atoms with E-state index in [1.165, 1.54) is 6.42 Å². The molecule has 1 heterocycles. The highest BCUT2D eigenvalue weighted by Crippen LogP contribution is 2.27. The molecule has 0 aromatic carbocycles. The molecule has 0 saturated heterocycles. The number of rotatable bonds is 4. The minimum atomic E-state index is 0.0458. The van der Waals surface area contributed by atoms with Gasteiger partial charge in [0.25, 0.3) is 5.91 Å². The zero-order valence-corrected chi connectivity index (χ0v) is 12.3. The maximum absolute atomic E-state index is 12.5. The average molecular weight is 312 g/mol. The molecule has 2 rings (SSSR count). The predicted molar refractivity (Wildman–Crippen MR) is 75.8 cm³/mol. The number of amides is 1. The van der Waals surface area contributed by atoms with Crippen molar-refractivity contribution in [3.63, 3.8) is 0 Å². The first-order valence-corrected chi connectivity index (χ1v) is 7.09. The molecule has 4 nitrogen and oxygen atoms in total. The average Bonchev–Trinajstić information content (AvgIpc) is 2.28. The van der Waals surface area contributed by atoms with Crippen molar-refractivity contribution in [2.24, 2.45) is 0 Å². The summed E-state index contributed by atoms with van der Waals surface area (Å²) in [6.07, 6.45) is 5.15. The molecule has 0 bridgehead atoms. The van der Waals surface area contributed by atoms with Crippen LogP contribution in [0.2, 0.25) is 0 Å². The summed E-state index contributed by atoms with van der Waals surface area (Å²) in [5.74, 6) is 0.710. The third kappa shape index (κ3) is 2.66. The topological polar surface area (TPSA) is 45.2 Å². The van der Waals surface area contributed by atoms with Gasteiger partial charge in [-0.05, 0) is 48.2 Å². The van der Waals surface area contributed by atoms with Crippen LogP contribution < -0.4 is 5.32 Å². The molecule has 18 heavy (non-hydrogen) atoms. The van der Waals surface area contributed by atoms with E-state index in [0.29, 0.717) is 17.4 Å². The van der Waals surface area contributed by atoms with Crippen LogP contribution >= 0.6 is 15.9 Å². The van der Waals surface area contributed by atoms with E-state index in [1.807, 2.05) is 24.9 Å². The maximum atomic E-state index is 12.5. The van der Waals surface area contributed by atoms with Crippen molar-refractivity contribution >= 4 is 27.7 Å². The van der Waals surface area contributed by atoms with Crippen LogP contribution in [0.4, 0.5) is 5.82 Å². The molecule has 0 aliphatic heterocycles. The van der Waals surface area contributed by atoms with Crippen molar-refractivity contribution in [2.45, 2.75) is 32.2 Å². The summed E-state index contributed by atoms with van der Waals surface area (Å²) in [5.41, 5.74) is 0.639. The fraction of sp³-hybridized carbons (Fsp3) is 0.538. The predicted octanol–water partition coefficient (Wildman–Crippen LogP) is 2.90. The Labute approximate surface area is 116 Å². The van der Waals surface area contributed by atoms with E-state index < -0.39 is 0 Å². The molecule has 1 fully saturated rings. The van der Waals surface area contributed by atoms with Gasteiger partial charge < -0.3 is 10.2 Å². The lowest BCUT2D eigenvalue weighted by Crippen LogP contribution is -2.41. The first kappa shape index (κ1) is 13.3. The van der Waals surface area contributed by atoms with Crippen LogP contribution in [-0.2, 0) is 0 Å². The van der Waals surface area contributed by atoms with E-state index in [1.54, 1.807) is 6.20 Å². The Balaban J connectivity index is 2.24. The lowest BCUT2D eigenvalue weighted by Gasteiger charge is -2.35. The molecular weight excluding hydrogens is 294 g/mol. The zero-order valence-electron chi connectivity index (χ0n) is 10.7. The number of halogens is 1. The fourth-order valence-electron chi connectivity index (χ4n) is 2.04. The molecule has 1 aliphatic rings. The first-order valence-electron chi connectivity index (χ1n) is 6.30. The number of hydrogen-bond acceptors (Lipinski definition) is 3. The highest BCUT2D eigenvalue weighted by Gasteiger charge is 2.27. The summed E-state index contributed by atoms with van der Waals surface area (Å²) < 4.78 is 0.828. The van der Waals surface area contributed by atoms with Crippen molar-refractivity contribution < 1.29 is 4.79 Å². The normalized spacial score (nSPS) is 15.1. The van der Waals surface area contributed by atoms with Gasteiger partial charge in [-0.3, -0.25) is 4.79 Å².